The van der Waals surface area contributed by atoms with Gasteiger partial charge in [-0.15, -0.1) is 0 Å². The minimum atomic E-state index is -0.103. The highest BCUT2D eigenvalue weighted by Gasteiger charge is 2.57. The number of aromatic nitrogens is 1. The average Bonchev–Trinajstić information content (AvgIpc) is 3.44. The summed E-state index contributed by atoms with van der Waals surface area (Å²) < 4.78 is 0. The molecule has 156 valence electrons. The normalized spacial score (nSPS) is 29.4. The number of carbonyl (C=O) groups excluding carboxylic acids is 2. The van der Waals surface area contributed by atoms with E-state index in [1.165, 1.54) is 32.2 Å². The number of nitrogens with zero attached hydrogens (tertiary/aromatic N) is 3. The summed E-state index contributed by atoms with van der Waals surface area (Å²) in [6.07, 6.45) is 9.32. The van der Waals surface area contributed by atoms with Crippen molar-refractivity contribution in [3.63, 3.8) is 0 Å². The fourth-order valence-corrected chi connectivity index (χ4v) is 6.27. The summed E-state index contributed by atoms with van der Waals surface area (Å²) in [7, 11) is 0. The van der Waals surface area contributed by atoms with Crippen LogP contribution < -0.4 is 5.32 Å². The largest absolute Gasteiger partial charge is 0.350 e. The van der Waals surface area contributed by atoms with Gasteiger partial charge in [0.15, 0.2) is 0 Å². The molecule has 4 fully saturated rings. The number of rotatable bonds is 4. The number of hydrogen-bond donors (Lipinski definition) is 1. The Morgan fingerprint density at radius 3 is 2.69 bits per heavy atom. The van der Waals surface area contributed by atoms with Gasteiger partial charge in [-0.2, -0.15) is 0 Å². The first-order valence-corrected chi connectivity index (χ1v) is 11.3. The molecule has 29 heavy (non-hydrogen) atoms. The summed E-state index contributed by atoms with van der Waals surface area (Å²) in [5, 5.41) is 3.38. The van der Waals surface area contributed by atoms with Crippen LogP contribution in [0.4, 0.5) is 0 Å². The number of pyridine rings is 1. The highest BCUT2D eigenvalue weighted by molar-refractivity contribution is 5.84. The van der Waals surface area contributed by atoms with E-state index in [0.29, 0.717) is 12.3 Å². The maximum atomic E-state index is 12.7. The summed E-state index contributed by atoms with van der Waals surface area (Å²) in [4.78, 5) is 34.2. The first kappa shape index (κ1) is 19.0. The van der Waals surface area contributed by atoms with Crippen molar-refractivity contribution in [1.29, 1.82) is 0 Å². The predicted octanol–water partition coefficient (Wildman–Crippen LogP) is 1.85. The Morgan fingerprint density at radius 2 is 1.97 bits per heavy atom. The van der Waals surface area contributed by atoms with Crippen LogP contribution in [0.1, 0.15) is 44.2 Å². The van der Waals surface area contributed by atoms with Gasteiger partial charge in [-0.3, -0.25) is 14.6 Å². The molecule has 3 saturated heterocycles. The fraction of sp³-hybridized carbons (Fsp3) is 0.696. The van der Waals surface area contributed by atoms with Gasteiger partial charge < -0.3 is 15.1 Å². The van der Waals surface area contributed by atoms with Crippen LogP contribution in [0.2, 0.25) is 0 Å². The Balaban J connectivity index is 1.20. The van der Waals surface area contributed by atoms with E-state index >= 15 is 0 Å². The van der Waals surface area contributed by atoms with E-state index in [-0.39, 0.29) is 23.3 Å². The van der Waals surface area contributed by atoms with Crippen LogP contribution in [-0.4, -0.2) is 64.9 Å². The van der Waals surface area contributed by atoms with Crippen molar-refractivity contribution in [2.75, 3.05) is 32.7 Å². The molecule has 1 aliphatic carbocycles. The topological polar surface area (TPSA) is 65.5 Å². The average molecular weight is 397 g/mol. The molecule has 2 atom stereocenters. The summed E-state index contributed by atoms with van der Waals surface area (Å²) in [6.45, 7) is 4.61. The van der Waals surface area contributed by atoms with E-state index in [4.69, 9.17) is 0 Å². The molecule has 4 aliphatic rings. The van der Waals surface area contributed by atoms with Gasteiger partial charge in [0.05, 0.1) is 12.3 Å². The zero-order chi connectivity index (χ0) is 19.8. The van der Waals surface area contributed by atoms with Crippen LogP contribution in [0.5, 0.6) is 0 Å². The molecular weight excluding hydrogens is 364 g/mol. The molecule has 0 unspecified atom stereocenters. The first-order valence-electron chi connectivity index (χ1n) is 11.3. The van der Waals surface area contributed by atoms with Crippen molar-refractivity contribution in [3.05, 3.63) is 30.1 Å². The van der Waals surface area contributed by atoms with E-state index in [1.54, 1.807) is 6.20 Å². The summed E-state index contributed by atoms with van der Waals surface area (Å²) >= 11 is 0. The van der Waals surface area contributed by atoms with Crippen molar-refractivity contribution >= 4 is 11.8 Å². The van der Waals surface area contributed by atoms with Crippen LogP contribution in [0.3, 0.4) is 0 Å². The van der Waals surface area contributed by atoms with Crippen LogP contribution in [0, 0.1) is 17.8 Å². The van der Waals surface area contributed by atoms with E-state index in [1.807, 2.05) is 23.1 Å². The molecular formula is C23H32N4O2. The molecule has 0 bridgehead atoms. The van der Waals surface area contributed by atoms with Gasteiger partial charge in [0.1, 0.15) is 0 Å². The molecule has 5 rings (SSSR count). The van der Waals surface area contributed by atoms with Crippen molar-refractivity contribution in [2.24, 2.45) is 17.8 Å². The monoisotopic (exact) mass is 396 g/mol. The number of likely N-dealkylation sites (tertiary alicyclic amines) is 2. The van der Waals surface area contributed by atoms with E-state index in [0.717, 1.165) is 50.6 Å². The second kappa shape index (κ2) is 7.71. The number of carbonyl (C=O) groups is 2. The molecule has 6 heteroatoms. The lowest BCUT2D eigenvalue weighted by Gasteiger charge is -2.43. The number of nitrogens with one attached hydrogen (secondary N) is 1. The molecule has 1 aromatic rings. The maximum absolute atomic E-state index is 12.7. The Hall–Kier alpha value is -1.95. The fourth-order valence-electron chi connectivity index (χ4n) is 6.27. The lowest BCUT2D eigenvalue weighted by atomic mass is 9.75. The quantitative estimate of drug-likeness (QED) is 0.844. The highest BCUT2D eigenvalue weighted by Crippen LogP contribution is 2.44. The standard InChI is InChI=1S/C23H32N4O2/c28-21(13-18-7-3-4-10-24-18)27-11-8-23(9-12-27)20-16-26(14-17-5-1-2-6-17)15-19(20)22(29)25-23/h3-4,7,10,17,19-20H,1-2,5-6,8-9,11-16H2,(H,25,29)/t19-,20+/m1/s1. The molecule has 1 aromatic heterocycles. The van der Waals surface area contributed by atoms with Gasteiger partial charge in [-0.05, 0) is 43.7 Å². The SMILES string of the molecule is O=C1NC2(CCN(C(=O)Cc3ccccn3)CC2)[C@H]2CN(CC3CCCC3)C[C@@H]12. The zero-order valence-electron chi connectivity index (χ0n) is 17.2. The van der Waals surface area contributed by atoms with Crippen LogP contribution >= 0.6 is 0 Å². The second-order valence-electron chi connectivity index (χ2n) is 9.61. The smallest absolute Gasteiger partial charge is 0.228 e. The van der Waals surface area contributed by atoms with Crippen LogP contribution in [0.15, 0.2) is 24.4 Å². The Morgan fingerprint density at radius 1 is 1.17 bits per heavy atom. The summed E-state index contributed by atoms with van der Waals surface area (Å²) in [6, 6.07) is 5.70. The molecule has 0 radical (unpaired) electrons. The number of fused-ring (bicyclic) bond motifs is 2. The molecule has 2 amide bonds. The minimum absolute atomic E-state index is 0.103. The summed E-state index contributed by atoms with van der Waals surface area (Å²) in [5.41, 5.74) is 0.721. The van der Waals surface area contributed by atoms with E-state index < -0.39 is 0 Å². The molecule has 3 aliphatic heterocycles. The highest BCUT2D eigenvalue weighted by atomic mass is 16.2. The lowest BCUT2D eigenvalue weighted by molar-refractivity contribution is -0.132. The molecule has 0 aromatic carbocycles. The van der Waals surface area contributed by atoms with Crippen molar-refractivity contribution in [2.45, 2.75) is 50.5 Å². The van der Waals surface area contributed by atoms with Crippen molar-refractivity contribution in [1.82, 2.24) is 20.1 Å². The minimum Gasteiger partial charge on any atom is -0.350 e. The molecule has 1 saturated carbocycles. The Bertz CT molecular complexity index is 753. The molecule has 4 heterocycles. The zero-order valence-corrected chi connectivity index (χ0v) is 17.2. The molecule has 1 spiro atoms. The van der Waals surface area contributed by atoms with Crippen molar-refractivity contribution < 1.29 is 9.59 Å². The van der Waals surface area contributed by atoms with E-state index in [9.17, 15) is 9.59 Å². The summed E-state index contributed by atoms with van der Waals surface area (Å²) in [5.74, 6) is 1.78. The lowest BCUT2D eigenvalue weighted by Crippen LogP contribution is -2.56. The van der Waals surface area contributed by atoms with Gasteiger partial charge in [-0.1, -0.05) is 18.9 Å². The molecule has 6 nitrogen and oxygen atoms in total. The number of hydrogen-bond acceptors (Lipinski definition) is 4. The van der Waals surface area contributed by atoms with E-state index in [2.05, 4.69) is 15.2 Å². The predicted molar refractivity (Wildman–Crippen MR) is 110 cm³/mol. The maximum Gasteiger partial charge on any atom is 0.228 e. The third kappa shape index (κ3) is 3.67. The van der Waals surface area contributed by atoms with Gasteiger partial charge >= 0.3 is 0 Å². The molecule has 1 N–H and O–H groups in total. The number of piperidine rings is 1. The Labute approximate surface area is 173 Å². The van der Waals surface area contributed by atoms with Crippen LogP contribution in [0.25, 0.3) is 0 Å². The third-order valence-corrected chi connectivity index (χ3v) is 7.87. The van der Waals surface area contributed by atoms with Gasteiger partial charge in [0.25, 0.3) is 0 Å². The third-order valence-electron chi connectivity index (χ3n) is 7.87. The second-order valence-corrected chi connectivity index (χ2v) is 9.61. The Kier molecular flexibility index (Phi) is 5.06. The van der Waals surface area contributed by atoms with Crippen LogP contribution in [-0.2, 0) is 16.0 Å². The van der Waals surface area contributed by atoms with Gasteiger partial charge in [0.2, 0.25) is 11.8 Å². The van der Waals surface area contributed by atoms with Gasteiger partial charge in [0, 0.05) is 56.1 Å². The van der Waals surface area contributed by atoms with Gasteiger partial charge in [-0.25, -0.2) is 0 Å². The van der Waals surface area contributed by atoms with Crippen molar-refractivity contribution in [3.8, 4) is 0 Å². The first-order chi connectivity index (χ1) is 14.1. The number of amides is 2.